The van der Waals surface area contributed by atoms with Crippen molar-refractivity contribution in [1.29, 1.82) is 0 Å². The zero-order chi connectivity index (χ0) is 21.1. The summed E-state index contributed by atoms with van der Waals surface area (Å²) in [6.07, 6.45) is 2.84. The zero-order valence-electron chi connectivity index (χ0n) is 15.8. The largest absolute Gasteiger partial charge is 0.350 e. The molecule has 0 bridgehead atoms. The number of halogens is 2. The van der Waals surface area contributed by atoms with Gasteiger partial charge >= 0.3 is 0 Å². The summed E-state index contributed by atoms with van der Waals surface area (Å²) in [4.78, 5) is 29.1. The average molecular weight is 409 g/mol. The van der Waals surface area contributed by atoms with Crippen molar-refractivity contribution in [3.63, 3.8) is 0 Å². The molecule has 0 unspecified atom stereocenters. The minimum Gasteiger partial charge on any atom is -0.350 e. The van der Waals surface area contributed by atoms with E-state index in [9.17, 15) is 18.4 Å². The molecule has 152 valence electrons. The lowest BCUT2D eigenvalue weighted by Gasteiger charge is -2.08. The maximum Gasteiger partial charge on any atom is 0.264 e. The van der Waals surface area contributed by atoms with Crippen molar-refractivity contribution < 1.29 is 13.6 Å². The molecule has 2 heterocycles. The Morgan fingerprint density at radius 3 is 2.63 bits per heavy atom. The lowest BCUT2D eigenvalue weighted by atomic mass is 10.2. The molecule has 7 nitrogen and oxygen atoms in total. The molecule has 0 aliphatic carbocycles. The van der Waals surface area contributed by atoms with Crippen LogP contribution in [0.5, 0.6) is 0 Å². The van der Waals surface area contributed by atoms with E-state index in [1.54, 1.807) is 12.1 Å². The predicted octanol–water partition coefficient (Wildman–Crippen LogP) is 2.35. The van der Waals surface area contributed by atoms with Crippen molar-refractivity contribution in [2.75, 3.05) is 6.54 Å². The molecule has 2 aromatic carbocycles. The van der Waals surface area contributed by atoms with E-state index in [0.29, 0.717) is 17.6 Å². The van der Waals surface area contributed by atoms with Gasteiger partial charge in [0, 0.05) is 12.1 Å². The third-order valence-corrected chi connectivity index (χ3v) is 4.58. The first-order chi connectivity index (χ1) is 14.5. The molecule has 0 spiro atoms. The number of benzene rings is 2. The summed E-state index contributed by atoms with van der Waals surface area (Å²) in [7, 11) is 0. The number of amides is 1. The normalized spacial score (nSPS) is 11.0. The standard InChI is InChI=1S/C21H17F2N5O2/c22-16-6-4-14(5-7-16)12-27-13-25-19-18(21(27)30)11-26-28(19)9-8-24-20(29)15-2-1-3-17(23)10-15/h1-7,10-11,13H,8-9,12H2,(H,24,29). The van der Waals surface area contributed by atoms with Crippen molar-refractivity contribution in [3.05, 3.63) is 94.2 Å². The maximum absolute atomic E-state index is 13.2. The molecule has 0 aliphatic rings. The first-order valence-electron chi connectivity index (χ1n) is 9.20. The Balaban J connectivity index is 1.45. The number of hydrogen-bond acceptors (Lipinski definition) is 4. The molecule has 4 rings (SSSR count). The summed E-state index contributed by atoms with van der Waals surface area (Å²) in [5.41, 5.74) is 1.13. The van der Waals surface area contributed by atoms with Crippen LogP contribution in [0.2, 0.25) is 0 Å². The zero-order valence-corrected chi connectivity index (χ0v) is 15.8. The lowest BCUT2D eigenvalue weighted by Crippen LogP contribution is -2.28. The lowest BCUT2D eigenvalue weighted by molar-refractivity contribution is 0.0951. The van der Waals surface area contributed by atoms with Crippen LogP contribution >= 0.6 is 0 Å². The second kappa shape index (κ2) is 8.24. The van der Waals surface area contributed by atoms with Crippen LogP contribution in [0.1, 0.15) is 15.9 Å². The van der Waals surface area contributed by atoms with E-state index in [1.807, 2.05) is 0 Å². The molecule has 0 saturated carbocycles. The van der Waals surface area contributed by atoms with Crippen LogP contribution in [0.3, 0.4) is 0 Å². The Morgan fingerprint density at radius 1 is 1.07 bits per heavy atom. The van der Waals surface area contributed by atoms with Crippen LogP contribution in [-0.2, 0) is 13.1 Å². The molecule has 0 aliphatic heterocycles. The quantitative estimate of drug-likeness (QED) is 0.530. The molecule has 0 atom stereocenters. The number of carbonyl (C=O) groups excluding carboxylic acids is 1. The molecule has 0 fully saturated rings. The minimum absolute atomic E-state index is 0.224. The van der Waals surface area contributed by atoms with Gasteiger partial charge in [-0.25, -0.2) is 18.4 Å². The molecular weight excluding hydrogens is 392 g/mol. The second-order valence-corrected chi connectivity index (χ2v) is 6.68. The van der Waals surface area contributed by atoms with E-state index < -0.39 is 11.7 Å². The fourth-order valence-electron chi connectivity index (χ4n) is 3.07. The number of hydrogen-bond donors (Lipinski definition) is 1. The summed E-state index contributed by atoms with van der Waals surface area (Å²) in [5.74, 6) is -1.23. The van der Waals surface area contributed by atoms with Gasteiger partial charge in [0.15, 0.2) is 5.65 Å². The maximum atomic E-state index is 13.2. The molecule has 1 amide bonds. The molecule has 1 N–H and O–H groups in total. The van der Waals surface area contributed by atoms with Crippen molar-refractivity contribution in [1.82, 2.24) is 24.6 Å². The Kier molecular flexibility index (Phi) is 5.34. The number of carbonyl (C=O) groups is 1. The second-order valence-electron chi connectivity index (χ2n) is 6.68. The highest BCUT2D eigenvalue weighted by Gasteiger charge is 2.11. The first-order valence-corrected chi connectivity index (χ1v) is 9.20. The van der Waals surface area contributed by atoms with Gasteiger partial charge in [0.05, 0.1) is 19.3 Å². The monoisotopic (exact) mass is 409 g/mol. The molecule has 0 radical (unpaired) electrons. The molecule has 0 saturated heterocycles. The van der Waals surface area contributed by atoms with Gasteiger partial charge in [0.1, 0.15) is 23.3 Å². The average Bonchev–Trinajstić information content (AvgIpc) is 3.15. The van der Waals surface area contributed by atoms with Gasteiger partial charge in [-0.15, -0.1) is 0 Å². The van der Waals surface area contributed by atoms with E-state index in [1.165, 1.54) is 52.1 Å². The fraction of sp³-hybridized carbons (Fsp3) is 0.143. The number of rotatable bonds is 6. The Hall–Kier alpha value is -3.88. The van der Waals surface area contributed by atoms with Crippen LogP contribution in [0.25, 0.3) is 11.0 Å². The first kappa shape index (κ1) is 19.4. The highest BCUT2D eigenvalue weighted by molar-refractivity contribution is 5.94. The summed E-state index contributed by atoms with van der Waals surface area (Å²) in [6.45, 7) is 0.780. The highest BCUT2D eigenvalue weighted by Crippen LogP contribution is 2.08. The van der Waals surface area contributed by atoms with Gasteiger partial charge in [-0.1, -0.05) is 18.2 Å². The van der Waals surface area contributed by atoms with Crippen molar-refractivity contribution in [2.45, 2.75) is 13.1 Å². The third kappa shape index (κ3) is 4.09. The number of fused-ring (bicyclic) bond motifs is 1. The van der Waals surface area contributed by atoms with Crippen LogP contribution in [0.4, 0.5) is 8.78 Å². The summed E-state index contributed by atoms with van der Waals surface area (Å²) < 4.78 is 29.2. The van der Waals surface area contributed by atoms with Crippen LogP contribution in [0, 0.1) is 11.6 Å². The number of nitrogens with zero attached hydrogens (tertiary/aromatic N) is 4. The summed E-state index contributed by atoms with van der Waals surface area (Å²) >= 11 is 0. The number of nitrogens with one attached hydrogen (secondary N) is 1. The molecule has 30 heavy (non-hydrogen) atoms. The van der Waals surface area contributed by atoms with Crippen LogP contribution in [-0.4, -0.2) is 31.8 Å². The summed E-state index contributed by atoms with van der Waals surface area (Å²) in [6, 6.07) is 11.3. The molecule has 4 aromatic rings. The van der Waals surface area contributed by atoms with Crippen molar-refractivity contribution in [2.24, 2.45) is 0 Å². The Morgan fingerprint density at radius 2 is 1.87 bits per heavy atom. The fourth-order valence-corrected chi connectivity index (χ4v) is 3.07. The van der Waals surface area contributed by atoms with Gasteiger partial charge < -0.3 is 5.32 Å². The molecule has 2 aromatic heterocycles. The van der Waals surface area contributed by atoms with Gasteiger partial charge in [0.2, 0.25) is 0 Å². The van der Waals surface area contributed by atoms with Gasteiger partial charge in [-0.3, -0.25) is 14.2 Å². The molecular formula is C21H17F2N5O2. The molecule has 9 heteroatoms. The van der Waals surface area contributed by atoms with Gasteiger partial charge in [-0.2, -0.15) is 5.10 Å². The Bertz CT molecular complexity index is 1260. The van der Waals surface area contributed by atoms with E-state index in [-0.39, 0.29) is 30.0 Å². The smallest absolute Gasteiger partial charge is 0.264 e. The predicted molar refractivity (Wildman–Crippen MR) is 106 cm³/mol. The van der Waals surface area contributed by atoms with Gasteiger partial charge in [-0.05, 0) is 35.9 Å². The number of aromatic nitrogens is 4. The topological polar surface area (TPSA) is 81.8 Å². The van der Waals surface area contributed by atoms with E-state index in [4.69, 9.17) is 0 Å². The third-order valence-electron chi connectivity index (χ3n) is 4.58. The van der Waals surface area contributed by atoms with Gasteiger partial charge in [0.25, 0.3) is 11.5 Å². The SMILES string of the molecule is O=C(NCCn1ncc2c(=O)n(Cc3ccc(F)cc3)cnc21)c1cccc(F)c1. The van der Waals surface area contributed by atoms with E-state index >= 15 is 0 Å². The Labute approximate surface area is 169 Å². The minimum atomic E-state index is -0.484. The van der Waals surface area contributed by atoms with E-state index in [2.05, 4.69) is 15.4 Å². The van der Waals surface area contributed by atoms with Crippen LogP contribution < -0.4 is 10.9 Å². The summed E-state index contributed by atoms with van der Waals surface area (Å²) in [5, 5.41) is 7.21. The van der Waals surface area contributed by atoms with Crippen LogP contribution in [0.15, 0.2) is 65.8 Å². The van der Waals surface area contributed by atoms with E-state index in [0.717, 1.165) is 11.6 Å². The highest BCUT2D eigenvalue weighted by atomic mass is 19.1. The van der Waals surface area contributed by atoms with Crippen molar-refractivity contribution >= 4 is 16.9 Å². The van der Waals surface area contributed by atoms with Crippen molar-refractivity contribution in [3.8, 4) is 0 Å².